The highest BCUT2D eigenvalue weighted by molar-refractivity contribution is 7.80. The Bertz CT molecular complexity index is 429. The van der Waals surface area contributed by atoms with Crippen LogP contribution in [0, 0.1) is 13.8 Å². The maximum atomic E-state index is 11.1. The molecule has 5 nitrogen and oxygen atoms in total. The second kappa shape index (κ2) is 6.93. The van der Waals surface area contributed by atoms with Crippen molar-refractivity contribution in [3.63, 3.8) is 0 Å². The lowest BCUT2D eigenvalue weighted by atomic mass is 10.1. The average Bonchev–Trinajstić information content (AvgIpc) is 2.25. The van der Waals surface area contributed by atoms with E-state index in [1.165, 1.54) is 7.11 Å². The molecule has 0 fully saturated rings. The summed E-state index contributed by atoms with van der Waals surface area (Å²) in [6.07, 6.45) is 0. The lowest BCUT2D eigenvalue weighted by Crippen LogP contribution is -2.45. The topological polar surface area (TPSA) is 62.4 Å². The number of aryl methyl sites for hydroxylation is 2. The molecule has 0 bridgehead atoms. The fourth-order valence-corrected chi connectivity index (χ4v) is 1.67. The van der Waals surface area contributed by atoms with Gasteiger partial charge in [-0.25, -0.2) is 0 Å². The monoisotopic (exact) mass is 267 g/mol. The molecule has 0 spiro atoms. The van der Waals surface area contributed by atoms with Crippen molar-refractivity contribution >= 4 is 28.9 Å². The van der Waals surface area contributed by atoms with E-state index < -0.39 is 0 Å². The molecule has 0 heterocycles. The van der Waals surface area contributed by atoms with Crippen molar-refractivity contribution in [3.05, 3.63) is 29.3 Å². The predicted molar refractivity (Wildman–Crippen MR) is 75.3 cm³/mol. The minimum absolute atomic E-state index is 0.0147. The highest BCUT2D eigenvalue weighted by Gasteiger charge is 2.02. The van der Waals surface area contributed by atoms with Crippen molar-refractivity contribution in [2.75, 3.05) is 19.0 Å². The standard InChI is InChI=1S/C12H17N3O2S/c1-8-4-9(2)6-10(5-8)13-12(18)15-14-11(16)7-17-3/h4-6H,7H2,1-3H3,(H,14,16)(H2,13,15,18). The summed E-state index contributed by atoms with van der Waals surface area (Å²) in [6.45, 7) is 4.00. The Kier molecular flexibility index (Phi) is 5.54. The Morgan fingerprint density at radius 3 is 2.39 bits per heavy atom. The molecule has 0 aliphatic carbocycles. The van der Waals surface area contributed by atoms with Gasteiger partial charge in [-0.3, -0.25) is 15.6 Å². The van der Waals surface area contributed by atoms with Crippen molar-refractivity contribution in [2.24, 2.45) is 0 Å². The number of amides is 1. The van der Waals surface area contributed by atoms with Crippen LogP contribution in [0.1, 0.15) is 11.1 Å². The Balaban J connectivity index is 2.47. The molecule has 1 rings (SSSR count). The maximum absolute atomic E-state index is 11.1. The number of hydrazine groups is 1. The van der Waals surface area contributed by atoms with Crippen molar-refractivity contribution in [2.45, 2.75) is 13.8 Å². The van der Waals surface area contributed by atoms with Gasteiger partial charge in [-0.05, 0) is 49.3 Å². The van der Waals surface area contributed by atoms with Gasteiger partial charge >= 0.3 is 0 Å². The van der Waals surface area contributed by atoms with Crippen LogP contribution in [0.4, 0.5) is 5.69 Å². The Morgan fingerprint density at radius 2 is 1.83 bits per heavy atom. The largest absolute Gasteiger partial charge is 0.375 e. The molecule has 18 heavy (non-hydrogen) atoms. The fourth-order valence-electron chi connectivity index (χ4n) is 1.50. The van der Waals surface area contributed by atoms with Crippen LogP contribution in [0.25, 0.3) is 0 Å². The fraction of sp³-hybridized carbons (Fsp3) is 0.333. The van der Waals surface area contributed by atoms with Gasteiger partial charge in [0.25, 0.3) is 5.91 Å². The number of ether oxygens (including phenoxy) is 1. The molecular weight excluding hydrogens is 250 g/mol. The number of nitrogens with one attached hydrogen (secondary N) is 3. The molecule has 1 aromatic carbocycles. The molecule has 0 saturated heterocycles. The third kappa shape index (κ3) is 5.11. The van der Waals surface area contributed by atoms with E-state index in [1.54, 1.807) is 0 Å². The van der Waals surface area contributed by atoms with Gasteiger partial charge in [-0.15, -0.1) is 0 Å². The lowest BCUT2D eigenvalue weighted by molar-refractivity contribution is -0.125. The zero-order valence-corrected chi connectivity index (χ0v) is 11.5. The van der Waals surface area contributed by atoms with E-state index >= 15 is 0 Å². The summed E-state index contributed by atoms with van der Waals surface area (Å²) in [6, 6.07) is 6.01. The minimum atomic E-state index is -0.290. The van der Waals surface area contributed by atoms with Gasteiger partial charge in [-0.2, -0.15) is 0 Å². The first-order chi connectivity index (χ1) is 8.51. The molecule has 98 valence electrons. The molecule has 6 heteroatoms. The van der Waals surface area contributed by atoms with Crippen molar-refractivity contribution in [3.8, 4) is 0 Å². The summed E-state index contributed by atoms with van der Waals surface area (Å²) < 4.78 is 4.67. The smallest absolute Gasteiger partial charge is 0.264 e. The summed E-state index contributed by atoms with van der Waals surface area (Å²) >= 11 is 5.05. The maximum Gasteiger partial charge on any atom is 0.264 e. The van der Waals surface area contributed by atoms with Gasteiger partial charge in [-0.1, -0.05) is 6.07 Å². The number of thiocarbonyl (C=S) groups is 1. The third-order valence-corrected chi connectivity index (χ3v) is 2.27. The molecule has 0 aliphatic heterocycles. The van der Waals surface area contributed by atoms with E-state index in [0.717, 1.165) is 16.8 Å². The first kappa shape index (κ1) is 14.4. The molecule has 3 N–H and O–H groups in total. The van der Waals surface area contributed by atoms with Crippen LogP contribution in [-0.2, 0) is 9.53 Å². The summed E-state index contributed by atoms with van der Waals surface area (Å²) in [5, 5.41) is 3.31. The average molecular weight is 267 g/mol. The SMILES string of the molecule is COCC(=O)NNC(=S)Nc1cc(C)cc(C)c1. The zero-order chi connectivity index (χ0) is 13.5. The zero-order valence-electron chi connectivity index (χ0n) is 10.7. The molecule has 0 unspecified atom stereocenters. The number of anilines is 1. The number of hydrogen-bond acceptors (Lipinski definition) is 3. The van der Waals surface area contributed by atoms with Crippen molar-refractivity contribution in [1.82, 2.24) is 10.9 Å². The van der Waals surface area contributed by atoms with Crippen LogP contribution in [-0.4, -0.2) is 24.7 Å². The Labute approximate surface area is 112 Å². The predicted octanol–water partition coefficient (Wildman–Crippen LogP) is 1.27. The van der Waals surface area contributed by atoms with Crippen LogP contribution >= 0.6 is 12.2 Å². The third-order valence-electron chi connectivity index (χ3n) is 2.07. The summed E-state index contributed by atoms with van der Waals surface area (Å²) in [5.74, 6) is -0.290. The second-order valence-electron chi connectivity index (χ2n) is 3.94. The van der Waals surface area contributed by atoms with E-state index in [9.17, 15) is 4.79 Å². The number of benzene rings is 1. The van der Waals surface area contributed by atoms with Gasteiger partial charge < -0.3 is 10.1 Å². The van der Waals surface area contributed by atoms with Crippen LogP contribution in [0.5, 0.6) is 0 Å². The molecule has 0 aliphatic rings. The number of carbonyl (C=O) groups is 1. The molecular formula is C12H17N3O2S. The molecule has 0 radical (unpaired) electrons. The van der Waals surface area contributed by atoms with Crippen molar-refractivity contribution in [1.29, 1.82) is 0 Å². The Hall–Kier alpha value is -1.66. The van der Waals surface area contributed by atoms with Crippen LogP contribution in [0.2, 0.25) is 0 Å². The van der Waals surface area contributed by atoms with E-state index in [0.29, 0.717) is 5.11 Å². The molecule has 0 aromatic heterocycles. The van der Waals surface area contributed by atoms with Crippen LogP contribution in [0.3, 0.4) is 0 Å². The first-order valence-electron chi connectivity index (χ1n) is 5.44. The van der Waals surface area contributed by atoms with Gasteiger partial charge in [0.1, 0.15) is 6.61 Å². The van der Waals surface area contributed by atoms with E-state index in [1.807, 2.05) is 26.0 Å². The number of methoxy groups -OCH3 is 1. The van der Waals surface area contributed by atoms with Crippen molar-refractivity contribution < 1.29 is 9.53 Å². The van der Waals surface area contributed by atoms with Gasteiger partial charge in [0.15, 0.2) is 5.11 Å². The normalized spacial score (nSPS) is 9.72. The minimum Gasteiger partial charge on any atom is -0.375 e. The van der Waals surface area contributed by atoms with E-state index in [4.69, 9.17) is 12.2 Å². The van der Waals surface area contributed by atoms with Gasteiger partial charge in [0, 0.05) is 12.8 Å². The summed E-state index contributed by atoms with van der Waals surface area (Å²) in [5.41, 5.74) is 8.18. The highest BCUT2D eigenvalue weighted by Crippen LogP contribution is 2.13. The van der Waals surface area contributed by atoms with E-state index in [-0.39, 0.29) is 12.5 Å². The summed E-state index contributed by atoms with van der Waals surface area (Å²) in [7, 11) is 1.45. The highest BCUT2D eigenvalue weighted by atomic mass is 32.1. The quantitative estimate of drug-likeness (QED) is 0.568. The lowest BCUT2D eigenvalue weighted by Gasteiger charge is -2.12. The molecule has 0 atom stereocenters. The number of hydrogen-bond donors (Lipinski definition) is 3. The van der Waals surface area contributed by atoms with Crippen LogP contribution < -0.4 is 16.2 Å². The van der Waals surface area contributed by atoms with E-state index in [2.05, 4.69) is 27.0 Å². The van der Waals surface area contributed by atoms with Gasteiger partial charge in [0.05, 0.1) is 0 Å². The molecule has 1 aromatic rings. The van der Waals surface area contributed by atoms with Crippen LogP contribution in [0.15, 0.2) is 18.2 Å². The molecule has 0 saturated carbocycles. The summed E-state index contributed by atoms with van der Waals surface area (Å²) in [4.78, 5) is 11.1. The van der Waals surface area contributed by atoms with Gasteiger partial charge in [0.2, 0.25) is 0 Å². The first-order valence-corrected chi connectivity index (χ1v) is 5.85. The molecule has 1 amide bonds. The number of rotatable bonds is 3. The second-order valence-corrected chi connectivity index (χ2v) is 4.34. The Morgan fingerprint density at radius 1 is 1.22 bits per heavy atom. The number of carbonyl (C=O) groups excluding carboxylic acids is 1.